The molecule has 0 aromatic heterocycles. The number of thioether (sulfide) groups is 2. The molecule has 1 saturated carbocycles. The van der Waals surface area contributed by atoms with E-state index in [1.807, 2.05) is 0 Å². The minimum atomic E-state index is -5.45. The lowest BCUT2D eigenvalue weighted by atomic mass is 9.71. The van der Waals surface area contributed by atoms with Crippen molar-refractivity contribution in [1.82, 2.24) is 0 Å². The largest absolute Gasteiger partial charge is 0.380 e. The van der Waals surface area contributed by atoms with E-state index in [1.54, 1.807) is 13.8 Å². The number of alkyl halides is 6. The SMILES string of the molecule is C[C@@]12SC=CC1=C1C(=C3C=CS[C@]32C)C(F)(F)C(F)(F)C1(F)F. The molecule has 4 rings (SSSR count). The Kier molecular flexibility index (Phi) is 2.67. The Balaban J connectivity index is 2.19. The monoisotopic (exact) mass is 368 g/mol. The second kappa shape index (κ2) is 3.90. The van der Waals surface area contributed by atoms with E-state index in [1.165, 1.54) is 46.5 Å². The molecule has 2 atom stereocenters. The molecule has 2 aliphatic carbocycles. The van der Waals surface area contributed by atoms with Crippen molar-refractivity contribution < 1.29 is 26.3 Å². The molecule has 124 valence electrons. The van der Waals surface area contributed by atoms with Gasteiger partial charge in [-0.05, 0) is 35.8 Å². The smallest absolute Gasteiger partial charge is 0.194 e. The van der Waals surface area contributed by atoms with Crippen LogP contribution in [0.15, 0.2) is 45.3 Å². The van der Waals surface area contributed by atoms with Gasteiger partial charge in [-0.2, -0.15) is 26.3 Å². The predicted molar refractivity (Wildman–Crippen MR) is 79.2 cm³/mol. The van der Waals surface area contributed by atoms with Crippen LogP contribution in [0.4, 0.5) is 26.3 Å². The number of hydrogen-bond acceptors (Lipinski definition) is 2. The maximum atomic E-state index is 14.3. The zero-order chi connectivity index (χ0) is 17.1. The summed E-state index contributed by atoms with van der Waals surface area (Å²) in [5.41, 5.74) is -2.64. The number of rotatable bonds is 0. The molecule has 1 fully saturated rings. The lowest BCUT2D eigenvalue weighted by molar-refractivity contribution is -0.258. The van der Waals surface area contributed by atoms with Gasteiger partial charge in [-0.15, -0.1) is 23.5 Å². The molecule has 8 heteroatoms. The Morgan fingerprint density at radius 1 is 0.696 bits per heavy atom. The molecule has 0 aromatic carbocycles. The van der Waals surface area contributed by atoms with Crippen LogP contribution < -0.4 is 0 Å². The van der Waals surface area contributed by atoms with Crippen LogP contribution in [0.1, 0.15) is 13.8 Å². The van der Waals surface area contributed by atoms with Crippen LogP contribution in [0, 0.1) is 0 Å². The van der Waals surface area contributed by atoms with Gasteiger partial charge in [0.05, 0.1) is 9.49 Å². The molecule has 0 saturated heterocycles. The van der Waals surface area contributed by atoms with Crippen molar-refractivity contribution in [2.45, 2.75) is 41.1 Å². The molecule has 0 unspecified atom stereocenters. The zero-order valence-corrected chi connectivity index (χ0v) is 13.5. The minimum absolute atomic E-state index is 0.123. The van der Waals surface area contributed by atoms with Crippen LogP contribution in [-0.2, 0) is 0 Å². The van der Waals surface area contributed by atoms with E-state index >= 15 is 0 Å². The van der Waals surface area contributed by atoms with Crippen molar-refractivity contribution in [2.24, 2.45) is 0 Å². The van der Waals surface area contributed by atoms with E-state index < -0.39 is 38.4 Å². The van der Waals surface area contributed by atoms with Gasteiger partial charge in [0.25, 0.3) is 0 Å². The van der Waals surface area contributed by atoms with E-state index in [4.69, 9.17) is 0 Å². The normalized spacial score (nSPS) is 41.4. The van der Waals surface area contributed by atoms with Gasteiger partial charge in [0.15, 0.2) is 0 Å². The van der Waals surface area contributed by atoms with Gasteiger partial charge in [-0.25, -0.2) is 0 Å². The van der Waals surface area contributed by atoms with Crippen LogP contribution in [-0.4, -0.2) is 27.3 Å². The highest BCUT2D eigenvalue weighted by molar-refractivity contribution is 8.08. The van der Waals surface area contributed by atoms with E-state index in [0.29, 0.717) is 0 Å². The molecular formula is C15H10F6S2. The average molecular weight is 368 g/mol. The van der Waals surface area contributed by atoms with Gasteiger partial charge < -0.3 is 0 Å². The molecule has 23 heavy (non-hydrogen) atoms. The molecular weight excluding hydrogens is 358 g/mol. The first kappa shape index (κ1) is 15.7. The second-order valence-electron chi connectivity index (χ2n) is 6.21. The van der Waals surface area contributed by atoms with Crippen molar-refractivity contribution in [3.63, 3.8) is 0 Å². The van der Waals surface area contributed by atoms with Gasteiger partial charge in [-0.1, -0.05) is 12.2 Å². The van der Waals surface area contributed by atoms with Crippen LogP contribution in [0.2, 0.25) is 0 Å². The van der Waals surface area contributed by atoms with Gasteiger partial charge in [0.2, 0.25) is 0 Å². The summed E-state index contributed by atoms with van der Waals surface area (Å²) >= 11 is 2.39. The summed E-state index contributed by atoms with van der Waals surface area (Å²) in [4.78, 5) is 0. The summed E-state index contributed by atoms with van der Waals surface area (Å²) < 4.78 is 83.3. The van der Waals surface area contributed by atoms with Crippen molar-refractivity contribution in [1.29, 1.82) is 0 Å². The number of fused-ring (bicyclic) bond motifs is 4. The summed E-state index contributed by atoms with van der Waals surface area (Å²) in [5, 5.41) is 3.02. The first-order valence-corrected chi connectivity index (χ1v) is 8.52. The Morgan fingerprint density at radius 2 is 1.04 bits per heavy atom. The first-order chi connectivity index (χ1) is 10.4. The van der Waals surface area contributed by atoms with E-state index in [2.05, 4.69) is 0 Å². The van der Waals surface area contributed by atoms with Gasteiger partial charge in [-0.3, -0.25) is 0 Å². The van der Waals surface area contributed by atoms with Crippen LogP contribution in [0.3, 0.4) is 0 Å². The van der Waals surface area contributed by atoms with Gasteiger partial charge >= 0.3 is 17.8 Å². The molecule has 0 aromatic rings. The van der Waals surface area contributed by atoms with Crippen LogP contribution in [0.25, 0.3) is 0 Å². The summed E-state index contributed by atoms with van der Waals surface area (Å²) in [6, 6.07) is 0. The Bertz CT molecular complexity index is 698. The van der Waals surface area contributed by atoms with Crippen LogP contribution in [0.5, 0.6) is 0 Å². The molecule has 0 bridgehead atoms. The second-order valence-corrected chi connectivity index (χ2v) is 8.86. The van der Waals surface area contributed by atoms with E-state index in [0.717, 1.165) is 0 Å². The quantitative estimate of drug-likeness (QED) is 0.514. The lowest BCUT2D eigenvalue weighted by Gasteiger charge is -2.46. The Labute approximate surface area is 136 Å². The Morgan fingerprint density at radius 3 is 1.39 bits per heavy atom. The molecule has 2 heterocycles. The molecule has 4 aliphatic rings. The fourth-order valence-corrected chi connectivity index (χ4v) is 6.24. The molecule has 0 N–H and O–H groups in total. The summed E-state index contributed by atoms with van der Waals surface area (Å²) in [6.45, 7) is 3.28. The maximum absolute atomic E-state index is 14.3. The highest BCUT2D eigenvalue weighted by atomic mass is 32.2. The van der Waals surface area contributed by atoms with E-state index in [9.17, 15) is 26.3 Å². The number of allylic oxidation sites excluding steroid dienone is 4. The molecule has 0 amide bonds. The summed E-state index contributed by atoms with van der Waals surface area (Å²) in [7, 11) is 0. The minimum Gasteiger partial charge on any atom is -0.194 e. The standard InChI is InChI=1S/C15H10F6S2/c1-11-7(3-5-22-11)9-10(8-4-6-23-12(8,11)2)14(18,19)15(20,21)13(9,16)17/h3-6H,1-2H3/t11-,12-/m1/s1. The van der Waals surface area contributed by atoms with Crippen molar-refractivity contribution in [3.8, 4) is 0 Å². The zero-order valence-electron chi connectivity index (χ0n) is 11.9. The topological polar surface area (TPSA) is 0 Å². The molecule has 0 nitrogen and oxygen atoms in total. The van der Waals surface area contributed by atoms with Crippen molar-refractivity contribution in [2.75, 3.05) is 0 Å². The lowest BCUT2D eigenvalue weighted by Crippen LogP contribution is -2.48. The Hall–Kier alpha value is -0.760. The van der Waals surface area contributed by atoms with Gasteiger partial charge in [0, 0.05) is 11.1 Å². The highest BCUT2D eigenvalue weighted by Gasteiger charge is 2.84. The molecule has 2 aliphatic heterocycles. The fourth-order valence-electron chi connectivity index (χ4n) is 3.74. The number of halogens is 6. The third-order valence-corrected chi connectivity index (χ3v) is 8.09. The molecule has 0 spiro atoms. The highest BCUT2D eigenvalue weighted by Crippen LogP contribution is 2.72. The maximum Gasteiger partial charge on any atom is 0.380 e. The molecule has 0 radical (unpaired) electrons. The summed E-state index contributed by atoms with van der Waals surface area (Å²) in [5.74, 6) is -15.3. The van der Waals surface area contributed by atoms with Gasteiger partial charge in [0.1, 0.15) is 0 Å². The predicted octanol–water partition coefficient (Wildman–Crippen LogP) is 5.55. The first-order valence-electron chi connectivity index (χ1n) is 6.76. The van der Waals surface area contributed by atoms with Crippen molar-refractivity contribution in [3.05, 3.63) is 45.3 Å². The average Bonchev–Trinajstić information content (AvgIpc) is 3.02. The van der Waals surface area contributed by atoms with E-state index in [-0.39, 0.29) is 11.1 Å². The number of hydrogen-bond donors (Lipinski definition) is 0. The fraction of sp³-hybridized carbons (Fsp3) is 0.467. The third-order valence-electron chi connectivity index (χ3n) is 5.22. The van der Waals surface area contributed by atoms with Crippen LogP contribution >= 0.6 is 23.5 Å². The third kappa shape index (κ3) is 1.35. The van der Waals surface area contributed by atoms with Crippen molar-refractivity contribution >= 4 is 23.5 Å². The summed E-state index contributed by atoms with van der Waals surface area (Å²) in [6.07, 6.45) is 2.54.